The number of rotatable bonds is 13. The Hall–Kier alpha value is -3.35. The van der Waals surface area contributed by atoms with Gasteiger partial charge in [0.15, 0.2) is 5.82 Å². The fourth-order valence-electron chi connectivity index (χ4n) is 3.34. The van der Waals surface area contributed by atoms with Gasteiger partial charge >= 0.3 is 6.18 Å². The van der Waals surface area contributed by atoms with Gasteiger partial charge in [-0.1, -0.05) is 23.8 Å². The van der Waals surface area contributed by atoms with Gasteiger partial charge in [0.2, 0.25) is 5.91 Å². The molecule has 0 bridgehead atoms. The lowest BCUT2D eigenvalue weighted by molar-refractivity contribution is -0.128. The zero-order chi connectivity index (χ0) is 26.7. The molecule has 9 nitrogen and oxygen atoms in total. The molecule has 2 aromatic rings. The number of amides is 1. The summed E-state index contributed by atoms with van der Waals surface area (Å²) >= 11 is 0. The van der Waals surface area contributed by atoms with Gasteiger partial charge in [-0.15, -0.1) is 10.2 Å². The lowest BCUT2D eigenvalue weighted by atomic mass is 9.96. The predicted molar refractivity (Wildman–Crippen MR) is 127 cm³/mol. The number of nitrogens with zero attached hydrogens (tertiary/aromatic N) is 5. The van der Waals surface area contributed by atoms with Gasteiger partial charge in [0.05, 0.1) is 36.6 Å². The number of hydrogen-bond acceptors (Lipinski definition) is 7. The maximum absolute atomic E-state index is 14.5. The summed E-state index contributed by atoms with van der Waals surface area (Å²) in [5, 5.41) is 21.5. The summed E-state index contributed by atoms with van der Waals surface area (Å²) in [5.74, 6) is -0.323. The highest BCUT2D eigenvalue weighted by atomic mass is 19.4. The molecule has 0 aliphatic rings. The van der Waals surface area contributed by atoms with Gasteiger partial charge in [0.1, 0.15) is 6.17 Å². The topological polar surface area (TPSA) is 124 Å². The van der Waals surface area contributed by atoms with Crippen molar-refractivity contribution in [2.24, 2.45) is 11.7 Å². The molecule has 0 saturated carbocycles. The van der Waals surface area contributed by atoms with Crippen LogP contribution in [0.2, 0.25) is 0 Å². The van der Waals surface area contributed by atoms with Crippen LogP contribution in [0.15, 0.2) is 42.3 Å². The fraction of sp³-hybridized carbons (Fsp3) is 0.522. The third-order valence-corrected chi connectivity index (χ3v) is 5.31. The van der Waals surface area contributed by atoms with E-state index in [4.69, 9.17) is 5.73 Å². The number of hydrogen-bond donors (Lipinski definition) is 3. The lowest BCUT2D eigenvalue weighted by Crippen LogP contribution is -2.27. The van der Waals surface area contributed by atoms with Crippen LogP contribution in [0.25, 0.3) is 0 Å². The normalized spacial score (nSPS) is 15.1. The Balaban J connectivity index is 1.84. The molecule has 2 rings (SSSR count). The number of alkyl halides is 4. The quantitative estimate of drug-likeness (QED) is 0.277. The van der Waals surface area contributed by atoms with Crippen molar-refractivity contribution in [3.8, 4) is 0 Å². The third kappa shape index (κ3) is 10.5. The van der Waals surface area contributed by atoms with Crippen LogP contribution in [-0.4, -0.2) is 50.0 Å². The van der Waals surface area contributed by atoms with Crippen molar-refractivity contribution in [1.29, 1.82) is 0 Å². The molecule has 4 N–H and O–H groups in total. The number of carbonyl (C=O) groups excluding carboxylic acids is 1. The summed E-state index contributed by atoms with van der Waals surface area (Å²) in [6.07, 6.45) is -0.424. The Morgan fingerprint density at radius 3 is 2.58 bits per heavy atom. The molecule has 198 valence electrons. The van der Waals surface area contributed by atoms with E-state index in [1.807, 2.05) is 6.92 Å². The van der Waals surface area contributed by atoms with Gasteiger partial charge in [0, 0.05) is 13.5 Å². The van der Waals surface area contributed by atoms with Crippen LogP contribution in [-0.2, 0) is 17.8 Å². The van der Waals surface area contributed by atoms with Gasteiger partial charge < -0.3 is 16.4 Å². The van der Waals surface area contributed by atoms with Gasteiger partial charge in [-0.25, -0.2) is 9.07 Å². The Labute approximate surface area is 207 Å². The van der Waals surface area contributed by atoms with Gasteiger partial charge in [-0.2, -0.15) is 18.3 Å². The molecule has 0 aliphatic heterocycles. The molecule has 3 atom stereocenters. The van der Waals surface area contributed by atoms with Crippen LogP contribution in [0.5, 0.6) is 0 Å². The van der Waals surface area contributed by atoms with Crippen LogP contribution in [0, 0.1) is 5.92 Å². The maximum Gasteiger partial charge on any atom is 0.392 e. The second-order valence-corrected chi connectivity index (χ2v) is 8.54. The maximum atomic E-state index is 14.5. The van der Waals surface area contributed by atoms with Crippen molar-refractivity contribution in [2.45, 2.75) is 65.0 Å². The number of aromatic nitrogens is 5. The minimum Gasteiger partial charge on any atom is -0.405 e. The van der Waals surface area contributed by atoms with Crippen LogP contribution in [0.4, 0.5) is 23.4 Å². The number of carbonyl (C=O) groups is 1. The van der Waals surface area contributed by atoms with Gasteiger partial charge in [0.25, 0.3) is 0 Å². The third-order valence-electron chi connectivity index (χ3n) is 5.31. The lowest BCUT2D eigenvalue weighted by Gasteiger charge is -2.20. The van der Waals surface area contributed by atoms with Crippen LogP contribution in [0.1, 0.15) is 51.0 Å². The number of nitrogens with one attached hydrogen (secondary N) is 2. The summed E-state index contributed by atoms with van der Waals surface area (Å²) in [4.78, 5) is 11.0. The Kier molecular flexibility index (Phi) is 11.0. The molecule has 0 radical (unpaired) electrons. The predicted octanol–water partition coefficient (Wildman–Crippen LogP) is 3.64. The van der Waals surface area contributed by atoms with E-state index in [1.54, 1.807) is 25.3 Å². The summed E-state index contributed by atoms with van der Waals surface area (Å²) in [6, 6.07) is 2.98. The highest BCUT2D eigenvalue weighted by Crippen LogP contribution is 2.28. The number of aryl methyl sites for hydroxylation is 1. The molecule has 0 fully saturated rings. The molecule has 2 aromatic heterocycles. The molecule has 0 saturated heterocycles. The van der Waals surface area contributed by atoms with E-state index >= 15 is 0 Å². The number of allylic oxidation sites excluding steroid dienone is 2. The van der Waals surface area contributed by atoms with Crippen molar-refractivity contribution in [3.63, 3.8) is 0 Å². The molecule has 3 unspecified atom stereocenters. The molecular formula is C23H32F4N8O. The average Bonchev–Trinajstić information content (AvgIpc) is 3.27. The molecule has 13 heteroatoms. The monoisotopic (exact) mass is 512 g/mol. The standard InChI is InChI=1S/C23H32F4N8O/c1-15(18(5-4-10-28)11-23(25,26)27)12-29-16(2)21-14-35(34-32-21)13-19(24)6-7-20-8-9-22(33-31-20)30-17(3)36/h4-5,8-10,14-16,19,29H,6-7,11-13,28H2,1-3H3,(H,30,33,36)/b10-4-,18-5-. The molecule has 2 heterocycles. The van der Waals surface area contributed by atoms with Crippen molar-refractivity contribution >= 4 is 11.7 Å². The average molecular weight is 513 g/mol. The zero-order valence-electron chi connectivity index (χ0n) is 20.5. The number of halogens is 4. The first kappa shape index (κ1) is 28.9. The Bertz CT molecular complexity index is 1020. The van der Waals surface area contributed by atoms with E-state index in [0.29, 0.717) is 23.6 Å². The SMILES string of the molecule is CC(=O)Nc1ccc(CCC(F)Cn2cc(C(C)NCC(C)/C(=C\C=C/N)CC(F)(F)F)nn2)nn1. The highest BCUT2D eigenvalue weighted by molar-refractivity contribution is 5.87. The van der Waals surface area contributed by atoms with Crippen molar-refractivity contribution in [3.05, 3.63) is 53.6 Å². The van der Waals surface area contributed by atoms with E-state index in [2.05, 4.69) is 31.1 Å². The summed E-state index contributed by atoms with van der Waals surface area (Å²) in [7, 11) is 0. The summed E-state index contributed by atoms with van der Waals surface area (Å²) in [6.45, 7) is 5.15. The molecular weight excluding hydrogens is 480 g/mol. The molecule has 0 spiro atoms. The number of anilines is 1. The van der Waals surface area contributed by atoms with Crippen molar-refractivity contribution < 1.29 is 22.4 Å². The smallest absolute Gasteiger partial charge is 0.392 e. The fourth-order valence-corrected chi connectivity index (χ4v) is 3.34. The van der Waals surface area contributed by atoms with Crippen LogP contribution < -0.4 is 16.4 Å². The Morgan fingerprint density at radius 2 is 1.97 bits per heavy atom. The molecule has 1 amide bonds. The van der Waals surface area contributed by atoms with Crippen LogP contribution >= 0.6 is 0 Å². The first-order valence-electron chi connectivity index (χ1n) is 11.5. The minimum atomic E-state index is -4.32. The summed E-state index contributed by atoms with van der Waals surface area (Å²) < 4.78 is 54.5. The first-order valence-corrected chi connectivity index (χ1v) is 11.5. The van der Waals surface area contributed by atoms with E-state index in [9.17, 15) is 22.4 Å². The van der Waals surface area contributed by atoms with Crippen molar-refractivity contribution in [1.82, 2.24) is 30.5 Å². The van der Waals surface area contributed by atoms with Gasteiger partial charge in [-0.3, -0.25) is 4.79 Å². The second kappa shape index (κ2) is 13.7. The molecule has 0 aromatic carbocycles. The van der Waals surface area contributed by atoms with E-state index < -0.39 is 24.7 Å². The van der Waals surface area contributed by atoms with Crippen LogP contribution in [0.3, 0.4) is 0 Å². The Morgan fingerprint density at radius 1 is 1.22 bits per heavy atom. The van der Waals surface area contributed by atoms with E-state index in [1.165, 1.54) is 30.0 Å². The van der Waals surface area contributed by atoms with Gasteiger partial charge in [-0.05, 0) is 50.1 Å². The highest BCUT2D eigenvalue weighted by Gasteiger charge is 2.30. The van der Waals surface area contributed by atoms with Crippen molar-refractivity contribution in [2.75, 3.05) is 11.9 Å². The number of nitrogens with two attached hydrogens (primary N) is 1. The molecule has 36 heavy (non-hydrogen) atoms. The summed E-state index contributed by atoms with van der Waals surface area (Å²) in [5.41, 5.74) is 6.62. The minimum absolute atomic E-state index is 0.00256. The zero-order valence-corrected chi connectivity index (χ0v) is 20.5. The van der Waals surface area contributed by atoms with E-state index in [0.717, 1.165) is 0 Å². The first-order chi connectivity index (χ1) is 17.0. The largest absolute Gasteiger partial charge is 0.405 e. The second-order valence-electron chi connectivity index (χ2n) is 8.54. The molecule has 0 aliphatic carbocycles. The van der Waals surface area contributed by atoms with E-state index in [-0.39, 0.29) is 37.0 Å².